The fraction of sp³-hybridized carbons (Fsp3) is 0.438. The van der Waals surface area contributed by atoms with E-state index in [0.29, 0.717) is 11.1 Å². The molecule has 0 amide bonds. The van der Waals surface area contributed by atoms with Crippen molar-refractivity contribution < 1.29 is 17.2 Å². The molecule has 0 aliphatic heterocycles. The van der Waals surface area contributed by atoms with Crippen molar-refractivity contribution in [2.75, 3.05) is 0 Å². The lowest BCUT2D eigenvalue weighted by Crippen LogP contribution is -2.34. The van der Waals surface area contributed by atoms with Crippen LogP contribution in [0.3, 0.4) is 0 Å². The number of rotatable bonds is 2. The van der Waals surface area contributed by atoms with Crippen LogP contribution in [0.4, 0.5) is 8.78 Å². The number of aryl methyl sites for hydroxylation is 2. The fourth-order valence-corrected chi connectivity index (χ4v) is 4.63. The summed E-state index contributed by atoms with van der Waals surface area (Å²) in [5.74, 6) is -2.97. The smallest absolute Gasteiger partial charge is 0.249 e. The number of hydrogen-bond donors (Lipinski definition) is 1. The first-order valence-electron chi connectivity index (χ1n) is 7.60. The van der Waals surface area contributed by atoms with E-state index in [9.17, 15) is 17.2 Å². The zero-order valence-electron chi connectivity index (χ0n) is 12.4. The number of nitrogens with two attached hydrogens (primary N) is 1. The summed E-state index contributed by atoms with van der Waals surface area (Å²) in [5, 5.41) is 6.60. The van der Waals surface area contributed by atoms with Gasteiger partial charge in [0, 0.05) is 35.7 Å². The summed E-state index contributed by atoms with van der Waals surface area (Å²) in [6.07, 6.45) is 3.56. The van der Waals surface area contributed by atoms with Crippen molar-refractivity contribution in [1.29, 1.82) is 0 Å². The Bertz CT molecular complexity index is 917. The molecule has 23 heavy (non-hydrogen) atoms. The van der Waals surface area contributed by atoms with Crippen LogP contribution in [0.25, 0.3) is 10.8 Å². The first-order valence-corrected chi connectivity index (χ1v) is 9.15. The number of primary sulfonamides is 1. The van der Waals surface area contributed by atoms with E-state index in [-0.39, 0.29) is 23.7 Å². The second-order valence-electron chi connectivity index (χ2n) is 6.49. The van der Waals surface area contributed by atoms with Crippen LogP contribution in [0.5, 0.6) is 0 Å². The minimum absolute atomic E-state index is 0.0721. The average molecular weight is 338 g/mol. The Labute approximate surface area is 132 Å². The van der Waals surface area contributed by atoms with Gasteiger partial charge in [-0.05, 0) is 42.5 Å². The molecule has 1 saturated carbocycles. The first kappa shape index (κ1) is 15.0. The van der Waals surface area contributed by atoms with Gasteiger partial charge < -0.3 is 0 Å². The monoisotopic (exact) mass is 338 g/mol. The molecule has 2 N–H and O–H groups in total. The highest BCUT2D eigenvalue weighted by Crippen LogP contribution is 2.50. The van der Waals surface area contributed by atoms with E-state index in [4.69, 9.17) is 5.14 Å². The molecule has 0 unspecified atom stereocenters. The zero-order chi connectivity index (χ0) is 16.4. The molecule has 0 bridgehead atoms. The molecular formula is C16H16F2N2O2S. The van der Waals surface area contributed by atoms with Crippen LogP contribution in [-0.2, 0) is 22.9 Å². The second-order valence-corrected chi connectivity index (χ2v) is 8.02. The molecule has 4 nitrogen and oxygen atoms in total. The highest BCUT2D eigenvalue weighted by atomic mass is 32.2. The van der Waals surface area contributed by atoms with Crippen LogP contribution in [0, 0.1) is 0 Å². The van der Waals surface area contributed by atoms with Crippen molar-refractivity contribution in [2.24, 2.45) is 5.14 Å². The Balaban J connectivity index is 2.01. The Morgan fingerprint density at radius 3 is 2.65 bits per heavy atom. The number of hydrogen-bond acceptors (Lipinski definition) is 3. The SMILES string of the molecule is NS(=O)(=O)c1cc2c(c3c(C4CC(F)(F)C4)nccc13)CCC2. The lowest BCUT2D eigenvalue weighted by Gasteiger charge is -2.35. The summed E-state index contributed by atoms with van der Waals surface area (Å²) in [6, 6.07) is 3.26. The number of aromatic nitrogens is 1. The maximum Gasteiger partial charge on any atom is 0.249 e. The summed E-state index contributed by atoms with van der Waals surface area (Å²) in [4.78, 5) is 4.40. The number of fused-ring (bicyclic) bond motifs is 3. The highest BCUT2D eigenvalue weighted by molar-refractivity contribution is 7.89. The molecule has 1 fully saturated rings. The number of benzene rings is 1. The van der Waals surface area contributed by atoms with E-state index >= 15 is 0 Å². The summed E-state index contributed by atoms with van der Waals surface area (Å²) >= 11 is 0. The van der Waals surface area contributed by atoms with Crippen molar-refractivity contribution in [1.82, 2.24) is 4.98 Å². The number of alkyl halides is 2. The van der Waals surface area contributed by atoms with Gasteiger partial charge in [0.2, 0.25) is 15.9 Å². The molecule has 122 valence electrons. The number of nitrogens with zero attached hydrogens (tertiary/aromatic N) is 1. The van der Waals surface area contributed by atoms with Gasteiger partial charge in [0.05, 0.1) is 10.6 Å². The summed E-state index contributed by atoms with van der Waals surface area (Å²) in [7, 11) is -3.88. The molecule has 1 heterocycles. The van der Waals surface area contributed by atoms with Gasteiger partial charge in [0.15, 0.2) is 0 Å². The van der Waals surface area contributed by atoms with E-state index in [1.165, 1.54) is 6.20 Å². The van der Waals surface area contributed by atoms with E-state index in [1.807, 2.05) is 0 Å². The normalized spacial score (nSPS) is 20.5. The third-order valence-corrected chi connectivity index (χ3v) is 5.85. The molecule has 2 aliphatic carbocycles. The van der Waals surface area contributed by atoms with E-state index in [1.54, 1.807) is 12.1 Å². The van der Waals surface area contributed by atoms with Gasteiger partial charge in [0.25, 0.3) is 0 Å². The molecule has 2 aromatic rings. The van der Waals surface area contributed by atoms with E-state index in [0.717, 1.165) is 35.8 Å². The molecule has 2 aliphatic rings. The molecule has 1 aromatic heterocycles. The predicted octanol–water partition coefficient (Wildman–Crippen LogP) is 2.88. The van der Waals surface area contributed by atoms with Crippen molar-refractivity contribution >= 4 is 20.8 Å². The van der Waals surface area contributed by atoms with Crippen molar-refractivity contribution in [3.63, 3.8) is 0 Å². The van der Waals surface area contributed by atoms with Crippen LogP contribution < -0.4 is 5.14 Å². The van der Waals surface area contributed by atoms with Gasteiger partial charge in [-0.15, -0.1) is 0 Å². The minimum atomic E-state index is -3.88. The number of sulfonamides is 1. The summed E-state index contributed by atoms with van der Waals surface area (Å²) in [5.41, 5.74) is 2.59. The van der Waals surface area contributed by atoms with Gasteiger partial charge in [0.1, 0.15) is 0 Å². The Morgan fingerprint density at radius 1 is 1.26 bits per heavy atom. The van der Waals surface area contributed by atoms with Crippen LogP contribution in [0.1, 0.15) is 42.0 Å². The largest absolute Gasteiger partial charge is 0.260 e. The highest BCUT2D eigenvalue weighted by Gasteiger charge is 2.47. The maximum atomic E-state index is 13.3. The Kier molecular flexibility index (Phi) is 3.06. The van der Waals surface area contributed by atoms with Crippen molar-refractivity contribution in [3.05, 3.63) is 35.2 Å². The molecule has 1 aromatic carbocycles. The summed E-state index contributed by atoms with van der Waals surface area (Å²) in [6.45, 7) is 0. The Morgan fingerprint density at radius 2 is 2.00 bits per heavy atom. The minimum Gasteiger partial charge on any atom is -0.260 e. The van der Waals surface area contributed by atoms with Crippen molar-refractivity contribution in [2.45, 2.75) is 48.8 Å². The van der Waals surface area contributed by atoms with Crippen LogP contribution >= 0.6 is 0 Å². The Hall–Kier alpha value is -1.60. The third-order valence-electron chi connectivity index (χ3n) is 4.90. The van der Waals surface area contributed by atoms with Gasteiger partial charge in [-0.2, -0.15) is 0 Å². The van der Waals surface area contributed by atoms with Gasteiger partial charge in [-0.1, -0.05) is 0 Å². The third kappa shape index (κ3) is 2.33. The van der Waals surface area contributed by atoms with E-state index < -0.39 is 15.9 Å². The predicted molar refractivity (Wildman–Crippen MR) is 82.1 cm³/mol. The topological polar surface area (TPSA) is 73.1 Å². The molecule has 0 spiro atoms. The zero-order valence-corrected chi connectivity index (χ0v) is 13.2. The maximum absolute atomic E-state index is 13.3. The first-order chi connectivity index (χ1) is 10.8. The fourth-order valence-electron chi connectivity index (χ4n) is 3.85. The molecule has 0 saturated heterocycles. The molecule has 0 radical (unpaired) electrons. The van der Waals surface area contributed by atoms with Crippen LogP contribution in [-0.4, -0.2) is 19.3 Å². The van der Waals surface area contributed by atoms with Gasteiger partial charge in [-0.25, -0.2) is 22.3 Å². The van der Waals surface area contributed by atoms with Gasteiger partial charge in [-0.3, -0.25) is 4.98 Å². The van der Waals surface area contributed by atoms with Crippen molar-refractivity contribution in [3.8, 4) is 0 Å². The lowest BCUT2D eigenvalue weighted by atomic mass is 9.77. The quantitative estimate of drug-likeness (QED) is 0.915. The van der Waals surface area contributed by atoms with Crippen LogP contribution in [0.2, 0.25) is 0 Å². The molecular weight excluding hydrogens is 322 g/mol. The molecule has 7 heteroatoms. The molecule has 4 rings (SSSR count). The lowest BCUT2D eigenvalue weighted by molar-refractivity contribution is -0.0872. The van der Waals surface area contributed by atoms with Gasteiger partial charge >= 0.3 is 0 Å². The second kappa shape index (κ2) is 4.70. The number of pyridine rings is 1. The van der Waals surface area contributed by atoms with Crippen LogP contribution in [0.15, 0.2) is 23.2 Å². The standard InChI is InChI=1S/C16H16F2N2O2S/c17-16(18)7-10(8-16)15-14-11-3-1-2-9(11)6-13(23(19,21)22)12(14)4-5-20-15/h4-6,10H,1-3,7-8H2,(H2,19,21,22). The summed E-state index contributed by atoms with van der Waals surface area (Å²) < 4.78 is 50.4. The number of halogens is 2. The average Bonchev–Trinajstić information content (AvgIpc) is 2.90. The molecule has 0 atom stereocenters. The van der Waals surface area contributed by atoms with E-state index in [2.05, 4.69) is 4.98 Å².